The lowest BCUT2D eigenvalue weighted by atomic mass is 10.1. The first-order chi connectivity index (χ1) is 11.7. The Balaban J connectivity index is 2.27. The Morgan fingerprint density at radius 3 is 2.40 bits per heavy atom. The van der Waals surface area contributed by atoms with E-state index in [0.29, 0.717) is 17.1 Å². The number of rotatable bonds is 6. The first-order valence-corrected chi connectivity index (χ1v) is 9.29. The van der Waals surface area contributed by atoms with Crippen molar-refractivity contribution in [3.05, 3.63) is 40.8 Å². The molecule has 0 atom stereocenters. The summed E-state index contributed by atoms with van der Waals surface area (Å²) in [5.41, 5.74) is 2.24. The van der Waals surface area contributed by atoms with Crippen LogP contribution in [-0.4, -0.2) is 39.6 Å². The number of aromatic nitrogens is 2. The van der Waals surface area contributed by atoms with E-state index in [9.17, 15) is 8.42 Å². The van der Waals surface area contributed by atoms with Crippen molar-refractivity contribution in [1.82, 2.24) is 14.7 Å². The van der Waals surface area contributed by atoms with E-state index in [1.165, 1.54) is 0 Å². The molecule has 0 saturated carbocycles. The van der Waals surface area contributed by atoms with E-state index in [1.807, 2.05) is 38.9 Å². The molecule has 0 aliphatic heterocycles. The number of hydrogen-bond acceptors (Lipinski definition) is 6. The van der Waals surface area contributed by atoms with Crippen LogP contribution in [0.15, 0.2) is 23.1 Å². The molecule has 0 amide bonds. The van der Waals surface area contributed by atoms with Gasteiger partial charge in [0, 0.05) is 25.9 Å². The van der Waals surface area contributed by atoms with Gasteiger partial charge in [0.1, 0.15) is 17.4 Å². The number of hydrogen-bond donors (Lipinski definition) is 1. The maximum absolute atomic E-state index is 12.7. The van der Waals surface area contributed by atoms with Gasteiger partial charge in [-0.25, -0.2) is 23.1 Å². The van der Waals surface area contributed by atoms with Gasteiger partial charge in [-0.05, 0) is 44.0 Å². The van der Waals surface area contributed by atoms with Crippen LogP contribution in [0.5, 0.6) is 5.75 Å². The van der Waals surface area contributed by atoms with Gasteiger partial charge in [-0.1, -0.05) is 0 Å². The molecule has 1 aromatic heterocycles. The van der Waals surface area contributed by atoms with Gasteiger partial charge in [0.2, 0.25) is 10.0 Å². The minimum atomic E-state index is -3.68. The lowest BCUT2D eigenvalue weighted by molar-refractivity contribution is 0.410. The number of sulfonamides is 1. The molecule has 0 radical (unpaired) electrons. The number of anilines is 1. The average molecular weight is 364 g/mol. The fourth-order valence-corrected chi connectivity index (χ4v) is 3.72. The number of aryl methyl sites for hydroxylation is 1. The molecule has 136 valence electrons. The van der Waals surface area contributed by atoms with Crippen LogP contribution in [0, 0.1) is 20.8 Å². The summed E-state index contributed by atoms with van der Waals surface area (Å²) in [5.74, 6) is 1.82. The van der Waals surface area contributed by atoms with Crippen molar-refractivity contribution in [3.63, 3.8) is 0 Å². The summed E-state index contributed by atoms with van der Waals surface area (Å²) in [6.45, 7) is 5.47. The molecule has 1 aromatic carbocycles. The second-order valence-electron chi connectivity index (χ2n) is 6.02. The molecule has 2 aromatic rings. The molecule has 0 fully saturated rings. The molecule has 1 N–H and O–H groups in total. The summed E-state index contributed by atoms with van der Waals surface area (Å²) in [7, 11) is 1.63. The number of nitrogens with zero attached hydrogens (tertiary/aromatic N) is 3. The minimum absolute atomic E-state index is 0.0232. The molecule has 0 aliphatic rings. The molecule has 25 heavy (non-hydrogen) atoms. The summed E-state index contributed by atoms with van der Waals surface area (Å²) in [5, 5.41) is 0. The molecular weight excluding hydrogens is 340 g/mol. The van der Waals surface area contributed by atoms with Crippen LogP contribution in [0.2, 0.25) is 0 Å². The zero-order valence-electron chi connectivity index (χ0n) is 15.4. The Kier molecular flexibility index (Phi) is 5.64. The van der Waals surface area contributed by atoms with E-state index < -0.39 is 10.0 Å². The fraction of sp³-hybridized carbons (Fsp3) is 0.412. The molecule has 1 heterocycles. The Morgan fingerprint density at radius 1 is 1.12 bits per heavy atom. The Bertz CT molecular complexity index is 880. The van der Waals surface area contributed by atoms with Crippen LogP contribution in [0.3, 0.4) is 0 Å². The van der Waals surface area contributed by atoms with Gasteiger partial charge in [-0.3, -0.25) is 0 Å². The molecule has 0 spiro atoms. The molecule has 7 nitrogen and oxygen atoms in total. The molecular formula is C17H24N4O3S. The predicted molar refractivity (Wildman–Crippen MR) is 97.6 cm³/mol. The monoisotopic (exact) mass is 364 g/mol. The summed E-state index contributed by atoms with van der Waals surface area (Å²) in [6, 6.07) is 5.05. The number of methoxy groups -OCH3 is 1. The first-order valence-electron chi connectivity index (χ1n) is 7.81. The summed E-state index contributed by atoms with van der Waals surface area (Å²) >= 11 is 0. The zero-order chi connectivity index (χ0) is 18.8. The lowest BCUT2D eigenvalue weighted by Gasteiger charge is -2.15. The number of ether oxygens (including phenoxy) is 1. The molecule has 0 aliphatic carbocycles. The fourth-order valence-electron chi connectivity index (χ4n) is 2.44. The standard InChI is InChI=1S/C17H24N4O3S/c1-11-9-17(21(4)5)20-16(19-11)10-18-25(22,23)15-8-7-14(24-6)12(2)13(15)3/h7-9,18H,10H2,1-6H3. The van der Waals surface area contributed by atoms with Gasteiger partial charge in [-0.2, -0.15) is 0 Å². The van der Waals surface area contributed by atoms with Gasteiger partial charge in [-0.15, -0.1) is 0 Å². The molecule has 0 bridgehead atoms. The van der Waals surface area contributed by atoms with E-state index in [0.717, 1.165) is 17.1 Å². The highest BCUT2D eigenvalue weighted by molar-refractivity contribution is 7.89. The smallest absolute Gasteiger partial charge is 0.241 e. The molecule has 0 saturated heterocycles. The Labute approximate surface area is 149 Å². The lowest BCUT2D eigenvalue weighted by Crippen LogP contribution is -2.26. The summed E-state index contributed by atoms with van der Waals surface area (Å²) < 4.78 is 33.1. The van der Waals surface area contributed by atoms with E-state index >= 15 is 0 Å². The van der Waals surface area contributed by atoms with E-state index in [4.69, 9.17) is 4.74 Å². The van der Waals surface area contributed by atoms with Crippen LogP contribution < -0.4 is 14.4 Å². The Hall–Kier alpha value is -2.19. The van der Waals surface area contributed by atoms with Crippen molar-refractivity contribution < 1.29 is 13.2 Å². The highest BCUT2D eigenvalue weighted by Crippen LogP contribution is 2.26. The predicted octanol–water partition coefficient (Wildman–Crippen LogP) is 1.95. The van der Waals surface area contributed by atoms with Crippen molar-refractivity contribution in [2.75, 3.05) is 26.1 Å². The topological polar surface area (TPSA) is 84.4 Å². The van der Waals surface area contributed by atoms with Crippen molar-refractivity contribution in [2.45, 2.75) is 32.2 Å². The minimum Gasteiger partial charge on any atom is -0.496 e. The highest BCUT2D eigenvalue weighted by atomic mass is 32.2. The maximum atomic E-state index is 12.7. The third-order valence-corrected chi connectivity index (χ3v) is 5.51. The van der Waals surface area contributed by atoms with Gasteiger partial charge in [0.25, 0.3) is 0 Å². The average Bonchev–Trinajstić information content (AvgIpc) is 2.54. The van der Waals surface area contributed by atoms with Gasteiger partial charge in [0.05, 0.1) is 18.6 Å². The Morgan fingerprint density at radius 2 is 1.80 bits per heavy atom. The van der Waals surface area contributed by atoms with E-state index in [1.54, 1.807) is 26.2 Å². The molecule has 2 rings (SSSR count). The van der Waals surface area contributed by atoms with Gasteiger partial charge in [0.15, 0.2) is 0 Å². The molecule has 8 heteroatoms. The SMILES string of the molecule is COc1ccc(S(=O)(=O)NCc2nc(C)cc(N(C)C)n2)c(C)c1C. The summed E-state index contributed by atoms with van der Waals surface area (Å²) in [6.07, 6.45) is 0. The van der Waals surface area contributed by atoms with Gasteiger partial charge >= 0.3 is 0 Å². The molecule has 0 unspecified atom stereocenters. The van der Waals surface area contributed by atoms with Crippen LogP contribution in [-0.2, 0) is 16.6 Å². The number of benzene rings is 1. The van der Waals surface area contributed by atoms with E-state index in [2.05, 4.69) is 14.7 Å². The third-order valence-electron chi connectivity index (χ3n) is 3.96. The largest absolute Gasteiger partial charge is 0.496 e. The summed E-state index contributed by atoms with van der Waals surface area (Å²) in [4.78, 5) is 10.7. The normalized spacial score (nSPS) is 11.4. The first kappa shape index (κ1) is 19.1. The second-order valence-corrected chi connectivity index (χ2v) is 7.75. The van der Waals surface area contributed by atoms with Crippen molar-refractivity contribution in [3.8, 4) is 5.75 Å². The van der Waals surface area contributed by atoms with Crippen LogP contribution in [0.1, 0.15) is 22.6 Å². The van der Waals surface area contributed by atoms with Crippen LogP contribution in [0.25, 0.3) is 0 Å². The second kappa shape index (κ2) is 7.37. The zero-order valence-corrected chi connectivity index (χ0v) is 16.2. The van der Waals surface area contributed by atoms with Gasteiger partial charge < -0.3 is 9.64 Å². The van der Waals surface area contributed by atoms with Crippen molar-refractivity contribution in [2.24, 2.45) is 0 Å². The van der Waals surface area contributed by atoms with Crippen molar-refractivity contribution in [1.29, 1.82) is 0 Å². The highest BCUT2D eigenvalue weighted by Gasteiger charge is 2.20. The van der Waals surface area contributed by atoms with E-state index in [-0.39, 0.29) is 11.4 Å². The number of nitrogens with one attached hydrogen (secondary N) is 1. The maximum Gasteiger partial charge on any atom is 0.241 e. The third kappa shape index (κ3) is 4.26. The van der Waals surface area contributed by atoms with Crippen LogP contribution in [0.4, 0.5) is 5.82 Å². The quantitative estimate of drug-likeness (QED) is 0.843. The van der Waals surface area contributed by atoms with Crippen molar-refractivity contribution >= 4 is 15.8 Å². The van der Waals surface area contributed by atoms with Crippen LogP contribution >= 0.6 is 0 Å².